The smallest absolute Gasteiger partial charge is 0.310 e. The highest BCUT2D eigenvalue weighted by atomic mass is 32.1. The Morgan fingerprint density at radius 2 is 2.00 bits per heavy atom. The van der Waals surface area contributed by atoms with Gasteiger partial charge in [0.2, 0.25) is 5.88 Å². The van der Waals surface area contributed by atoms with Crippen LogP contribution in [0.1, 0.15) is 42.3 Å². The van der Waals surface area contributed by atoms with Gasteiger partial charge >= 0.3 is 4.87 Å². The van der Waals surface area contributed by atoms with E-state index >= 15 is 0 Å². The number of thiazole rings is 1. The first-order chi connectivity index (χ1) is 11.0. The summed E-state index contributed by atoms with van der Waals surface area (Å²) in [5.41, 5.74) is 2.26. The van der Waals surface area contributed by atoms with Crippen LogP contribution in [0.5, 0.6) is 5.88 Å². The first kappa shape index (κ1) is 15.5. The van der Waals surface area contributed by atoms with Gasteiger partial charge in [0, 0.05) is 11.6 Å². The molecule has 0 saturated heterocycles. The summed E-state index contributed by atoms with van der Waals surface area (Å²) in [6.07, 6.45) is 5.65. The molecule has 3 rings (SSSR count). The van der Waals surface area contributed by atoms with E-state index in [9.17, 15) is 14.7 Å². The van der Waals surface area contributed by atoms with E-state index in [1.807, 2.05) is 38.1 Å². The van der Waals surface area contributed by atoms with Crippen LogP contribution in [-0.2, 0) is 4.79 Å². The summed E-state index contributed by atoms with van der Waals surface area (Å²) in [6, 6.07) is 7.49. The largest absolute Gasteiger partial charge is 0.493 e. The van der Waals surface area contributed by atoms with Gasteiger partial charge in [-0.05, 0) is 36.6 Å². The lowest BCUT2D eigenvalue weighted by Gasteiger charge is -2.13. The summed E-state index contributed by atoms with van der Waals surface area (Å²) in [7, 11) is 0. The fraction of sp³-hybridized carbons (Fsp3) is 0.222. The fourth-order valence-electron chi connectivity index (χ4n) is 2.61. The van der Waals surface area contributed by atoms with Crippen LogP contribution in [0.15, 0.2) is 35.1 Å². The van der Waals surface area contributed by atoms with Crippen LogP contribution >= 0.6 is 11.3 Å². The Morgan fingerprint density at radius 3 is 2.74 bits per heavy atom. The SMILES string of the molecule is CC[C@@H](C)n1c(O)c(C=C2C(=O)C=Cc3ccccc32)sc1=O. The van der Waals surface area contributed by atoms with Crippen molar-refractivity contribution in [1.82, 2.24) is 4.57 Å². The van der Waals surface area contributed by atoms with Gasteiger partial charge in [-0.25, -0.2) is 0 Å². The first-order valence-corrected chi connectivity index (χ1v) is 8.32. The maximum absolute atomic E-state index is 12.2. The van der Waals surface area contributed by atoms with Crippen LogP contribution in [0, 0.1) is 0 Å². The normalized spacial score (nSPS) is 16.6. The van der Waals surface area contributed by atoms with E-state index < -0.39 is 0 Å². The molecular weight excluding hydrogens is 310 g/mol. The molecule has 0 amide bonds. The number of nitrogens with zero attached hydrogens (tertiary/aromatic N) is 1. The number of hydrogen-bond acceptors (Lipinski definition) is 4. The lowest BCUT2D eigenvalue weighted by Crippen LogP contribution is -2.16. The Balaban J connectivity index is 2.14. The standard InChI is InChI=1S/C18H17NO3S/c1-3-11(2)19-17(21)16(23-18(19)22)10-14-13-7-5-4-6-12(13)8-9-15(14)20/h4-11,21H,3H2,1-2H3/t11-/m1/s1. The number of benzene rings is 1. The molecule has 0 bridgehead atoms. The molecule has 1 aliphatic carbocycles. The summed E-state index contributed by atoms with van der Waals surface area (Å²) >= 11 is 0.960. The van der Waals surface area contributed by atoms with Gasteiger partial charge in [-0.1, -0.05) is 48.6 Å². The molecule has 1 heterocycles. The monoisotopic (exact) mass is 327 g/mol. The molecule has 1 aromatic carbocycles. The highest BCUT2D eigenvalue weighted by molar-refractivity contribution is 7.10. The summed E-state index contributed by atoms with van der Waals surface area (Å²) in [5, 5.41) is 10.4. The second kappa shape index (κ2) is 6.01. The average Bonchev–Trinajstić information content (AvgIpc) is 2.83. The molecular formula is C18H17NO3S. The van der Waals surface area contributed by atoms with Gasteiger partial charge in [0.25, 0.3) is 0 Å². The number of carbonyl (C=O) groups is 1. The molecule has 0 saturated carbocycles. The van der Waals surface area contributed by atoms with Crippen molar-refractivity contribution in [2.45, 2.75) is 26.3 Å². The molecule has 118 valence electrons. The Morgan fingerprint density at radius 1 is 1.26 bits per heavy atom. The molecule has 4 nitrogen and oxygen atoms in total. The zero-order valence-electron chi connectivity index (χ0n) is 12.9. The zero-order valence-corrected chi connectivity index (χ0v) is 13.8. The molecule has 5 heteroatoms. The van der Waals surface area contributed by atoms with Crippen LogP contribution < -0.4 is 4.87 Å². The average molecular weight is 327 g/mol. The van der Waals surface area contributed by atoms with Crippen molar-refractivity contribution in [3.8, 4) is 5.88 Å². The summed E-state index contributed by atoms with van der Waals surface area (Å²) in [5.74, 6) is -0.194. The third kappa shape index (κ3) is 2.68. The van der Waals surface area contributed by atoms with E-state index in [2.05, 4.69) is 0 Å². The second-order valence-corrected chi connectivity index (χ2v) is 6.52. The molecule has 2 aromatic rings. The minimum atomic E-state index is -0.212. The molecule has 0 aliphatic heterocycles. The maximum Gasteiger partial charge on any atom is 0.310 e. The van der Waals surface area contributed by atoms with Gasteiger partial charge in [0.05, 0.1) is 4.88 Å². The van der Waals surface area contributed by atoms with E-state index in [-0.39, 0.29) is 22.6 Å². The molecule has 0 radical (unpaired) electrons. The highest BCUT2D eigenvalue weighted by Crippen LogP contribution is 2.32. The minimum absolute atomic E-state index is 0.0679. The van der Waals surface area contributed by atoms with Crippen molar-refractivity contribution in [2.75, 3.05) is 0 Å². The van der Waals surface area contributed by atoms with Crippen molar-refractivity contribution < 1.29 is 9.90 Å². The number of allylic oxidation sites excluding steroid dienone is 2. The predicted molar refractivity (Wildman–Crippen MR) is 93.6 cm³/mol. The van der Waals surface area contributed by atoms with E-state index in [0.29, 0.717) is 10.5 Å². The number of hydrogen-bond donors (Lipinski definition) is 1. The van der Waals surface area contributed by atoms with Gasteiger partial charge in [0.1, 0.15) is 0 Å². The molecule has 0 fully saturated rings. The molecule has 0 unspecified atom stereocenters. The van der Waals surface area contributed by atoms with Crippen molar-refractivity contribution in [3.05, 3.63) is 56.0 Å². The minimum Gasteiger partial charge on any atom is -0.493 e. The molecule has 0 spiro atoms. The van der Waals surface area contributed by atoms with Gasteiger partial charge < -0.3 is 5.11 Å². The number of rotatable bonds is 3. The van der Waals surface area contributed by atoms with Crippen molar-refractivity contribution in [3.63, 3.8) is 0 Å². The second-order valence-electron chi connectivity index (χ2n) is 5.53. The van der Waals surface area contributed by atoms with Crippen molar-refractivity contribution >= 4 is 34.8 Å². The van der Waals surface area contributed by atoms with Crippen LogP contribution in [0.3, 0.4) is 0 Å². The Hall–Kier alpha value is -2.40. The number of aromatic nitrogens is 1. The van der Waals surface area contributed by atoms with Gasteiger partial charge in [-0.2, -0.15) is 0 Å². The number of carbonyl (C=O) groups excluding carboxylic acids is 1. The number of aromatic hydroxyl groups is 1. The summed E-state index contributed by atoms with van der Waals surface area (Å²) < 4.78 is 1.38. The molecule has 1 aliphatic rings. The van der Waals surface area contributed by atoms with Crippen LogP contribution in [-0.4, -0.2) is 15.5 Å². The zero-order chi connectivity index (χ0) is 16.6. The molecule has 23 heavy (non-hydrogen) atoms. The lowest BCUT2D eigenvalue weighted by molar-refractivity contribution is -0.109. The van der Waals surface area contributed by atoms with Gasteiger partial charge in [0.15, 0.2) is 5.78 Å². The van der Waals surface area contributed by atoms with E-state index in [0.717, 1.165) is 28.9 Å². The van der Waals surface area contributed by atoms with Crippen LogP contribution in [0.2, 0.25) is 0 Å². The summed E-state index contributed by atoms with van der Waals surface area (Å²) in [4.78, 5) is 24.6. The van der Waals surface area contributed by atoms with Crippen LogP contribution in [0.4, 0.5) is 0 Å². The Kier molecular flexibility index (Phi) is 4.05. The molecule has 1 N–H and O–H groups in total. The quantitative estimate of drug-likeness (QED) is 0.874. The van der Waals surface area contributed by atoms with E-state index in [1.165, 1.54) is 10.6 Å². The lowest BCUT2D eigenvalue weighted by atomic mass is 9.91. The van der Waals surface area contributed by atoms with Crippen molar-refractivity contribution in [1.29, 1.82) is 0 Å². The Labute approximate surface area is 138 Å². The molecule has 1 aromatic heterocycles. The van der Waals surface area contributed by atoms with E-state index in [1.54, 1.807) is 12.2 Å². The van der Waals surface area contributed by atoms with Gasteiger partial charge in [-0.15, -0.1) is 0 Å². The third-order valence-corrected chi connectivity index (χ3v) is 4.97. The maximum atomic E-state index is 12.2. The number of ketones is 1. The fourth-order valence-corrected chi connectivity index (χ4v) is 3.53. The van der Waals surface area contributed by atoms with Gasteiger partial charge in [-0.3, -0.25) is 14.2 Å². The number of fused-ring (bicyclic) bond motifs is 1. The van der Waals surface area contributed by atoms with Crippen molar-refractivity contribution in [2.24, 2.45) is 0 Å². The molecule has 1 atom stereocenters. The van der Waals surface area contributed by atoms with Crippen LogP contribution in [0.25, 0.3) is 17.7 Å². The predicted octanol–water partition coefficient (Wildman–Crippen LogP) is 3.72. The third-order valence-electron chi connectivity index (χ3n) is 4.08. The first-order valence-electron chi connectivity index (χ1n) is 7.50. The summed E-state index contributed by atoms with van der Waals surface area (Å²) in [6.45, 7) is 3.84. The van der Waals surface area contributed by atoms with E-state index in [4.69, 9.17) is 0 Å². The topological polar surface area (TPSA) is 59.3 Å². The Bertz CT molecular complexity index is 886. The highest BCUT2D eigenvalue weighted by Gasteiger charge is 2.21.